The predicted molar refractivity (Wildman–Crippen MR) is 128 cm³/mol. The molecule has 0 radical (unpaired) electrons. The van der Waals surface area contributed by atoms with Gasteiger partial charge >= 0.3 is 0 Å². The molecule has 1 unspecified atom stereocenters. The molecule has 2 aromatic carbocycles. The molecule has 2 heterocycles. The first-order valence-corrected chi connectivity index (χ1v) is 11.2. The summed E-state index contributed by atoms with van der Waals surface area (Å²) in [7, 11) is 1.78. The zero-order valence-corrected chi connectivity index (χ0v) is 18.8. The van der Waals surface area contributed by atoms with Gasteiger partial charge in [0.15, 0.2) is 5.96 Å². The van der Waals surface area contributed by atoms with Gasteiger partial charge in [-0.3, -0.25) is 9.89 Å². The number of morpholine rings is 1. The van der Waals surface area contributed by atoms with Crippen LogP contribution in [-0.2, 0) is 11.2 Å². The molecule has 0 spiro atoms. The number of nitrogens with one attached hydrogen (secondary N) is 3. The van der Waals surface area contributed by atoms with Crippen molar-refractivity contribution < 1.29 is 9.13 Å². The van der Waals surface area contributed by atoms with E-state index in [1.807, 2.05) is 12.1 Å². The maximum atomic E-state index is 13.5. The molecule has 1 saturated heterocycles. The SMILES string of the molecule is CN=C(NCCc1c[nH]c2cccc(C)c12)NCC(c1ccc(F)cc1)N1CCOCC1. The van der Waals surface area contributed by atoms with Crippen LogP contribution in [0.1, 0.15) is 22.7 Å². The summed E-state index contributed by atoms with van der Waals surface area (Å²) in [6, 6.07) is 13.2. The van der Waals surface area contributed by atoms with E-state index in [9.17, 15) is 4.39 Å². The van der Waals surface area contributed by atoms with Crippen LogP contribution in [0, 0.1) is 12.7 Å². The number of hydrogen-bond donors (Lipinski definition) is 3. The van der Waals surface area contributed by atoms with E-state index in [0.717, 1.165) is 37.6 Å². The number of nitrogens with zero attached hydrogens (tertiary/aromatic N) is 2. The van der Waals surface area contributed by atoms with Crippen LogP contribution in [0.15, 0.2) is 53.7 Å². The number of aliphatic imine (C=N–C) groups is 1. The largest absolute Gasteiger partial charge is 0.379 e. The predicted octanol–water partition coefficient (Wildman–Crippen LogP) is 3.40. The second-order valence-electron chi connectivity index (χ2n) is 8.16. The summed E-state index contributed by atoms with van der Waals surface area (Å²) in [5, 5.41) is 8.20. The van der Waals surface area contributed by atoms with Crippen LogP contribution in [0.4, 0.5) is 4.39 Å². The number of hydrogen-bond acceptors (Lipinski definition) is 3. The standard InChI is InChI=1S/C25H32FN5O/c1-18-4-3-5-22-24(18)20(16-29-22)10-11-28-25(27-2)30-17-23(31-12-14-32-15-13-31)19-6-8-21(26)9-7-19/h3-9,16,23,29H,10-15,17H2,1-2H3,(H2,27,28,30). The topological polar surface area (TPSA) is 64.7 Å². The van der Waals surface area contributed by atoms with E-state index in [1.165, 1.54) is 34.2 Å². The fraction of sp³-hybridized carbons (Fsp3) is 0.400. The number of aromatic amines is 1. The zero-order valence-electron chi connectivity index (χ0n) is 18.8. The monoisotopic (exact) mass is 437 g/mol. The third kappa shape index (κ3) is 5.29. The van der Waals surface area contributed by atoms with Crippen LogP contribution in [0.3, 0.4) is 0 Å². The lowest BCUT2D eigenvalue weighted by Crippen LogP contribution is -2.46. The average molecular weight is 438 g/mol. The van der Waals surface area contributed by atoms with Gasteiger partial charge in [0.25, 0.3) is 0 Å². The smallest absolute Gasteiger partial charge is 0.191 e. The lowest BCUT2D eigenvalue weighted by Gasteiger charge is -2.35. The summed E-state index contributed by atoms with van der Waals surface area (Å²) in [5.41, 5.74) is 4.85. The number of benzene rings is 2. The van der Waals surface area contributed by atoms with Crippen molar-refractivity contribution in [1.29, 1.82) is 0 Å². The van der Waals surface area contributed by atoms with Gasteiger partial charge in [0.1, 0.15) is 5.82 Å². The van der Waals surface area contributed by atoms with E-state index in [1.54, 1.807) is 7.05 Å². The number of aromatic nitrogens is 1. The molecule has 1 atom stereocenters. The van der Waals surface area contributed by atoms with Crippen LogP contribution >= 0.6 is 0 Å². The molecule has 1 aliphatic heterocycles. The molecule has 0 bridgehead atoms. The van der Waals surface area contributed by atoms with Crippen LogP contribution in [0.2, 0.25) is 0 Å². The highest BCUT2D eigenvalue weighted by Gasteiger charge is 2.23. The minimum Gasteiger partial charge on any atom is -0.379 e. The molecule has 6 nitrogen and oxygen atoms in total. The molecule has 0 saturated carbocycles. The maximum Gasteiger partial charge on any atom is 0.191 e. The molecule has 3 N–H and O–H groups in total. The van der Waals surface area contributed by atoms with Crippen LogP contribution in [0.25, 0.3) is 10.9 Å². The molecule has 0 amide bonds. The first kappa shape index (κ1) is 22.3. The fourth-order valence-electron chi connectivity index (χ4n) is 4.41. The summed E-state index contributed by atoms with van der Waals surface area (Å²) in [4.78, 5) is 10.1. The summed E-state index contributed by atoms with van der Waals surface area (Å²) < 4.78 is 19.0. The molecular formula is C25H32FN5O. The lowest BCUT2D eigenvalue weighted by atomic mass is 10.0. The van der Waals surface area contributed by atoms with E-state index < -0.39 is 0 Å². The van der Waals surface area contributed by atoms with E-state index in [4.69, 9.17) is 4.74 Å². The van der Waals surface area contributed by atoms with E-state index in [0.29, 0.717) is 19.8 Å². The van der Waals surface area contributed by atoms with Gasteiger partial charge in [-0.05, 0) is 48.2 Å². The van der Waals surface area contributed by atoms with E-state index >= 15 is 0 Å². The molecule has 1 aliphatic rings. The quantitative estimate of drug-likeness (QED) is 0.392. The van der Waals surface area contributed by atoms with Crippen molar-refractivity contribution in [3.63, 3.8) is 0 Å². The molecule has 0 aliphatic carbocycles. The molecular weight excluding hydrogens is 405 g/mol. The Morgan fingerprint density at radius 2 is 1.94 bits per heavy atom. The van der Waals surface area contributed by atoms with Crippen molar-refractivity contribution in [2.75, 3.05) is 46.4 Å². The number of rotatable bonds is 7. The molecule has 3 aromatic rings. The van der Waals surface area contributed by atoms with Gasteiger partial charge in [-0.1, -0.05) is 24.3 Å². The summed E-state index contributed by atoms with van der Waals surface area (Å²) in [5.74, 6) is 0.550. The molecule has 4 rings (SSSR count). The molecule has 1 aromatic heterocycles. The van der Waals surface area contributed by atoms with Crippen molar-refractivity contribution in [2.24, 2.45) is 4.99 Å². The normalized spacial score (nSPS) is 16.3. The maximum absolute atomic E-state index is 13.5. The fourth-order valence-corrected chi connectivity index (χ4v) is 4.41. The van der Waals surface area contributed by atoms with Crippen LogP contribution in [0.5, 0.6) is 0 Å². The second kappa shape index (κ2) is 10.6. The first-order valence-electron chi connectivity index (χ1n) is 11.2. The zero-order chi connectivity index (χ0) is 22.3. The summed E-state index contributed by atoms with van der Waals surface area (Å²) >= 11 is 0. The Kier molecular flexibility index (Phi) is 7.39. The minimum atomic E-state index is -0.215. The Balaban J connectivity index is 1.36. The van der Waals surface area contributed by atoms with Crippen LogP contribution < -0.4 is 10.6 Å². The van der Waals surface area contributed by atoms with Crippen molar-refractivity contribution in [2.45, 2.75) is 19.4 Å². The number of ether oxygens (including phenoxy) is 1. The lowest BCUT2D eigenvalue weighted by molar-refractivity contribution is 0.0170. The number of guanidine groups is 1. The number of aryl methyl sites for hydroxylation is 1. The summed E-state index contributed by atoms with van der Waals surface area (Å²) in [6.07, 6.45) is 2.99. The van der Waals surface area contributed by atoms with Gasteiger partial charge in [0.05, 0.1) is 19.3 Å². The number of fused-ring (bicyclic) bond motifs is 1. The first-order chi connectivity index (χ1) is 15.7. The molecule has 7 heteroatoms. The van der Waals surface area contributed by atoms with Gasteiger partial charge in [0.2, 0.25) is 0 Å². The van der Waals surface area contributed by atoms with Gasteiger partial charge in [-0.25, -0.2) is 4.39 Å². The van der Waals surface area contributed by atoms with Crippen molar-refractivity contribution >= 4 is 16.9 Å². The Morgan fingerprint density at radius 3 is 2.69 bits per heavy atom. The molecule has 170 valence electrons. The number of H-pyrrole nitrogens is 1. The highest BCUT2D eigenvalue weighted by Crippen LogP contribution is 2.23. The van der Waals surface area contributed by atoms with Gasteiger partial charge < -0.3 is 20.4 Å². The van der Waals surface area contributed by atoms with Crippen LogP contribution in [-0.4, -0.2) is 62.3 Å². The Bertz CT molecular complexity index is 1040. The third-order valence-electron chi connectivity index (χ3n) is 6.11. The van der Waals surface area contributed by atoms with Gasteiger partial charge in [-0.2, -0.15) is 0 Å². The van der Waals surface area contributed by atoms with Crippen molar-refractivity contribution in [1.82, 2.24) is 20.5 Å². The number of halogens is 1. The van der Waals surface area contributed by atoms with Crippen molar-refractivity contribution in [3.8, 4) is 0 Å². The highest BCUT2D eigenvalue weighted by atomic mass is 19.1. The molecule has 1 fully saturated rings. The van der Waals surface area contributed by atoms with Crippen molar-refractivity contribution in [3.05, 3.63) is 71.2 Å². The van der Waals surface area contributed by atoms with E-state index in [-0.39, 0.29) is 11.9 Å². The summed E-state index contributed by atoms with van der Waals surface area (Å²) in [6.45, 7) is 6.75. The Morgan fingerprint density at radius 1 is 1.16 bits per heavy atom. The second-order valence-corrected chi connectivity index (χ2v) is 8.16. The minimum absolute atomic E-state index is 0.120. The molecule has 32 heavy (non-hydrogen) atoms. The Hall–Kier alpha value is -2.90. The van der Waals surface area contributed by atoms with E-state index in [2.05, 4.69) is 56.8 Å². The Labute approximate surface area is 188 Å². The third-order valence-corrected chi connectivity index (χ3v) is 6.11. The van der Waals surface area contributed by atoms with Gasteiger partial charge in [-0.15, -0.1) is 0 Å². The van der Waals surface area contributed by atoms with Gasteiger partial charge in [0, 0.05) is 50.3 Å². The highest BCUT2D eigenvalue weighted by molar-refractivity contribution is 5.86. The average Bonchev–Trinajstić information content (AvgIpc) is 3.24.